The molecule has 28 heavy (non-hydrogen) atoms. The lowest BCUT2D eigenvalue weighted by molar-refractivity contribution is -0.138. The first kappa shape index (κ1) is 21.5. The summed E-state index contributed by atoms with van der Waals surface area (Å²) in [5.41, 5.74) is -2.09. The van der Waals surface area contributed by atoms with E-state index in [2.05, 4.69) is 20.6 Å². The number of alkyl halides is 6. The van der Waals surface area contributed by atoms with E-state index >= 15 is 0 Å². The molecule has 0 aliphatic heterocycles. The highest BCUT2D eigenvalue weighted by molar-refractivity contribution is 6.32. The van der Waals surface area contributed by atoms with Gasteiger partial charge in [-0.3, -0.25) is 0 Å². The van der Waals surface area contributed by atoms with Gasteiger partial charge in [-0.15, -0.1) is 0 Å². The Hall–Kier alpha value is -2.78. The van der Waals surface area contributed by atoms with Crippen molar-refractivity contribution >= 4 is 34.9 Å². The number of isocyanates is 1. The van der Waals surface area contributed by atoms with E-state index in [0.717, 1.165) is 18.2 Å². The molecule has 1 heterocycles. The lowest BCUT2D eigenvalue weighted by atomic mass is 10.1. The van der Waals surface area contributed by atoms with Crippen LogP contribution >= 0.6 is 11.6 Å². The lowest BCUT2D eigenvalue weighted by Gasteiger charge is -2.13. The molecule has 12 heteroatoms. The van der Waals surface area contributed by atoms with Crippen LogP contribution in [-0.4, -0.2) is 24.2 Å². The van der Waals surface area contributed by atoms with Crippen molar-refractivity contribution in [3.63, 3.8) is 0 Å². The number of anilines is 2. The molecule has 2 N–H and O–H groups in total. The Bertz CT molecular complexity index is 894. The Morgan fingerprint density at radius 2 is 1.64 bits per heavy atom. The standard InChI is InChI=1S/C16H11ClF6N4O/c17-11-5-10(16(21,22)23)7-26-14(11)25-4-3-24-12-2-1-9(15(18,19)20)6-13(12)27-8-28/h1-2,5-7,24H,3-4H2,(H,25,26). The van der Waals surface area contributed by atoms with Crippen molar-refractivity contribution in [1.29, 1.82) is 0 Å². The molecule has 0 saturated carbocycles. The molecule has 150 valence electrons. The number of nitrogens with one attached hydrogen (secondary N) is 2. The van der Waals surface area contributed by atoms with E-state index in [0.29, 0.717) is 12.3 Å². The molecule has 1 aromatic heterocycles. The molecule has 0 atom stereocenters. The van der Waals surface area contributed by atoms with Gasteiger partial charge in [0.15, 0.2) is 0 Å². The van der Waals surface area contributed by atoms with Gasteiger partial charge < -0.3 is 10.6 Å². The Balaban J connectivity index is 2.01. The van der Waals surface area contributed by atoms with Gasteiger partial charge in [-0.25, -0.2) is 9.78 Å². The van der Waals surface area contributed by atoms with Crippen LogP contribution in [0.1, 0.15) is 11.1 Å². The Morgan fingerprint density at radius 1 is 1.00 bits per heavy atom. The topological polar surface area (TPSA) is 66.4 Å². The maximum Gasteiger partial charge on any atom is 0.417 e. The minimum Gasteiger partial charge on any atom is -0.382 e. The summed E-state index contributed by atoms with van der Waals surface area (Å²) in [6.07, 6.45) is -7.38. The van der Waals surface area contributed by atoms with Gasteiger partial charge in [0, 0.05) is 19.3 Å². The molecule has 5 nitrogen and oxygen atoms in total. The summed E-state index contributed by atoms with van der Waals surface area (Å²) in [5.74, 6) is 0.00928. The molecule has 0 aliphatic carbocycles. The van der Waals surface area contributed by atoms with Crippen molar-refractivity contribution in [2.75, 3.05) is 23.7 Å². The summed E-state index contributed by atoms with van der Waals surface area (Å²) < 4.78 is 75.8. The smallest absolute Gasteiger partial charge is 0.382 e. The molecule has 2 rings (SSSR count). The SMILES string of the molecule is O=C=Nc1cc(C(F)(F)F)ccc1NCCNc1ncc(C(F)(F)F)cc1Cl. The van der Waals surface area contributed by atoms with Gasteiger partial charge in [0.05, 0.1) is 27.5 Å². The van der Waals surface area contributed by atoms with E-state index in [9.17, 15) is 31.1 Å². The highest BCUT2D eigenvalue weighted by Crippen LogP contribution is 2.35. The van der Waals surface area contributed by atoms with Crippen molar-refractivity contribution in [2.45, 2.75) is 12.4 Å². The number of halogens is 7. The molecule has 0 bridgehead atoms. The van der Waals surface area contributed by atoms with Gasteiger partial charge >= 0.3 is 12.4 Å². The molecule has 0 amide bonds. The van der Waals surface area contributed by atoms with Crippen LogP contribution < -0.4 is 10.6 Å². The second-order valence-electron chi connectivity index (χ2n) is 5.34. The van der Waals surface area contributed by atoms with Crippen LogP contribution in [0.15, 0.2) is 35.5 Å². The van der Waals surface area contributed by atoms with Gasteiger partial charge in [0.1, 0.15) is 5.82 Å². The number of pyridine rings is 1. The first-order valence-electron chi connectivity index (χ1n) is 7.52. The first-order chi connectivity index (χ1) is 13.0. The van der Waals surface area contributed by atoms with Crippen LogP contribution in [0.3, 0.4) is 0 Å². The second kappa shape index (κ2) is 8.49. The number of rotatable bonds is 6. The highest BCUT2D eigenvalue weighted by atomic mass is 35.5. The Kier molecular flexibility index (Phi) is 6.52. The number of aliphatic imine (C=N–C) groups is 1. The number of hydrogen-bond acceptors (Lipinski definition) is 5. The summed E-state index contributed by atoms with van der Waals surface area (Å²) in [6.45, 7) is 0.231. The van der Waals surface area contributed by atoms with Crippen LogP contribution in [-0.2, 0) is 17.1 Å². The van der Waals surface area contributed by atoms with Gasteiger partial charge in [-0.1, -0.05) is 11.6 Å². The van der Waals surface area contributed by atoms with E-state index in [-0.39, 0.29) is 35.3 Å². The van der Waals surface area contributed by atoms with E-state index in [1.165, 1.54) is 6.08 Å². The quantitative estimate of drug-likeness (QED) is 0.287. The van der Waals surface area contributed by atoms with E-state index in [4.69, 9.17) is 11.6 Å². The first-order valence-corrected chi connectivity index (χ1v) is 7.90. The van der Waals surface area contributed by atoms with Gasteiger partial charge in [-0.2, -0.15) is 31.3 Å². The minimum atomic E-state index is -4.60. The van der Waals surface area contributed by atoms with Crippen molar-refractivity contribution in [2.24, 2.45) is 4.99 Å². The highest BCUT2D eigenvalue weighted by Gasteiger charge is 2.32. The molecular formula is C16H11ClF6N4O. The van der Waals surface area contributed by atoms with Crippen LogP contribution in [0.2, 0.25) is 5.02 Å². The Morgan fingerprint density at radius 3 is 2.21 bits per heavy atom. The number of aromatic nitrogens is 1. The average molecular weight is 425 g/mol. The fourth-order valence-electron chi connectivity index (χ4n) is 2.10. The molecule has 0 fully saturated rings. The third kappa shape index (κ3) is 5.61. The zero-order chi connectivity index (χ0) is 20.9. The number of carbonyl (C=O) groups excluding carboxylic acids is 1. The van der Waals surface area contributed by atoms with Crippen molar-refractivity contribution in [3.05, 3.63) is 46.6 Å². The third-order valence-electron chi connectivity index (χ3n) is 3.39. The summed E-state index contributed by atoms with van der Waals surface area (Å²) in [5, 5.41) is 5.20. The van der Waals surface area contributed by atoms with Crippen molar-refractivity contribution < 1.29 is 31.1 Å². The molecule has 0 saturated heterocycles. The minimum absolute atomic E-state index is 0.00928. The maximum atomic E-state index is 12.7. The van der Waals surface area contributed by atoms with Crippen LogP contribution in [0.4, 0.5) is 43.5 Å². The zero-order valence-corrected chi connectivity index (χ0v) is 14.5. The van der Waals surface area contributed by atoms with Gasteiger partial charge in [-0.05, 0) is 24.3 Å². The number of hydrogen-bond donors (Lipinski definition) is 2. The fraction of sp³-hybridized carbons (Fsp3) is 0.250. The monoisotopic (exact) mass is 424 g/mol. The summed E-state index contributed by atoms with van der Waals surface area (Å²) in [7, 11) is 0. The number of nitrogens with zero attached hydrogens (tertiary/aromatic N) is 2. The maximum absolute atomic E-state index is 12.7. The average Bonchev–Trinajstić information content (AvgIpc) is 2.59. The molecule has 0 aliphatic rings. The summed E-state index contributed by atoms with van der Waals surface area (Å²) in [4.78, 5) is 17.2. The summed E-state index contributed by atoms with van der Waals surface area (Å²) in [6, 6.07) is 3.32. The normalized spacial score (nSPS) is 11.7. The molecule has 0 unspecified atom stereocenters. The van der Waals surface area contributed by atoms with Crippen LogP contribution in [0, 0.1) is 0 Å². The van der Waals surface area contributed by atoms with Crippen LogP contribution in [0.5, 0.6) is 0 Å². The molecule has 1 aromatic carbocycles. The Labute approximate surface area is 159 Å². The third-order valence-corrected chi connectivity index (χ3v) is 3.68. The van der Waals surface area contributed by atoms with Gasteiger partial charge in [0.25, 0.3) is 0 Å². The predicted molar refractivity (Wildman–Crippen MR) is 90.5 cm³/mol. The summed E-state index contributed by atoms with van der Waals surface area (Å²) >= 11 is 5.75. The fourth-order valence-corrected chi connectivity index (χ4v) is 2.33. The van der Waals surface area contributed by atoms with Crippen molar-refractivity contribution in [1.82, 2.24) is 4.98 Å². The van der Waals surface area contributed by atoms with Crippen LogP contribution in [0.25, 0.3) is 0 Å². The predicted octanol–water partition coefficient (Wildman–Crippen LogP) is 5.26. The molecular weight excluding hydrogens is 414 g/mol. The molecule has 2 aromatic rings. The van der Waals surface area contributed by atoms with Gasteiger partial charge in [0.2, 0.25) is 6.08 Å². The van der Waals surface area contributed by atoms with E-state index in [1.807, 2.05) is 0 Å². The zero-order valence-electron chi connectivity index (χ0n) is 13.7. The van der Waals surface area contributed by atoms with E-state index in [1.54, 1.807) is 0 Å². The molecule has 0 radical (unpaired) electrons. The van der Waals surface area contributed by atoms with E-state index < -0.39 is 23.5 Å². The molecule has 0 spiro atoms. The second-order valence-corrected chi connectivity index (χ2v) is 5.75. The lowest BCUT2D eigenvalue weighted by Crippen LogP contribution is -2.15. The largest absolute Gasteiger partial charge is 0.417 e. The number of benzene rings is 1. The van der Waals surface area contributed by atoms with Crippen molar-refractivity contribution in [3.8, 4) is 0 Å².